The molecule has 7 heteroatoms. The number of carbonyl (C=O) groups excluding carboxylic acids is 1. The molecule has 0 radical (unpaired) electrons. The van der Waals surface area contributed by atoms with Crippen LogP contribution in [0, 0.1) is 28.7 Å². The second-order valence-electron chi connectivity index (χ2n) is 2.72. The minimum Gasteiger partial charge on any atom is -0.326 e. The van der Waals surface area contributed by atoms with Crippen LogP contribution in [0.25, 0.3) is 0 Å². The van der Waals surface area contributed by atoms with E-state index in [2.05, 4.69) is 0 Å². The molecule has 0 aliphatic rings. The Kier molecular flexibility index (Phi) is 2.93. The van der Waals surface area contributed by atoms with Gasteiger partial charge in [-0.15, -0.1) is 0 Å². The Balaban J connectivity index is 3.44. The van der Waals surface area contributed by atoms with Gasteiger partial charge in [0.25, 0.3) is 0 Å². The van der Waals surface area contributed by atoms with Crippen molar-refractivity contribution in [2.75, 3.05) is 5.32 Å². The summed E-state index contributed by atoms with van der Waals surface area (Å²) in [6.45, 7) is 1.05. The summed E-state index contributed by atoms with van der Waals surface area (Å²) < 4.78 is 26.3. The molecule has 0 saturated carbocycles. The fourth-order valence-electron chi connectivity index (χ4n) is 1.06. The molecule has 0 aliphatic heterocycles. The lowest BCUT2D eigenvalue weighted by Gasteiger charge is -2.05. The van der Waals surface area contributed by atoms with Gasteiger partial charge in [-0.3, -0.25) is 14.9 Å². The Labute approximate surface area is 82.9 Å². The van der Waals surface area contributed by atoms with E-state index >= 15 is 0 Å². The fraction of sp³-hybridized carbons (Fsp3) is 0.125. The summed E-state index contributed by atoms with van der Waals surface area (Å²) in [6, 6.07) is 0.631. The van der Waals surface area contributed by atoms with Crippen molar-refractivity contribution in [3.63, 3.8) is 0 Å². The molecule has 1 N–H and O–H groups in total. The fourth-order valence-corrected chi connectivity index (χ4v) is 1.06. The van der Waals surface area contributed by atoms with Gasteiger partial charge in [-0.25, -0.2) is 4.39 Å². The van der Waals surface area contributed by atoms with Gasteiger partial charge >= 0.3 is 5.69 Å². The zero-order valence-electron chi connectivity index (χ0n) is 7.58. The third-order valence-corrected chi connectivity index (χ3v) is 1.81. The lowest BCUT2D eigenvalue weighted by atomic mass is 10.1. The van der Waals surface area contributed by atoms with Crippen LogP contribution in [-0.4, -0.2) is 11.3 Å². The Hall–Kier alpha value is -2.05. The van der Waals surface area contributed by atoms with Crippen LogP contribution in [0.1, 0.15) is 5.56 Å². The molecule has 15 heavy (non-hydrogen) atoms. The minimum atomic E-state index is -1.24. The maximum atomic E-state index is 13.2. The number of hydrogen-bond acceptors (Lipinski definition) is 3. The largest absolute Gasteiger partial charge is 0.326 e. The highest BCUT2D eigenvalue weighted by Gasteiger charge is 2.22. The zero-order valence-corrected chi connectivity index (χ0v) is 7.58. The Morgan fingerprint density at radius 2 is 2.07 bits per heavy atom. The number of halogens is 2. The molecule has 80 valence electrons. The average Bonchev–Trinajstić information content (AvgIpc) is 2.18. The summed E-state index contributed by atoms with van der Waals surface area (Å²) in [5, 5.41) is 12.3. The molecule has 0 spiro atoms. The third-order valence-electron chi connectivity index (χ3n) is 1.81. The molecule has 0 atom stereocenters. The molecule has 0 aromatic heterocycles. The summed E-state index contributed by atoms with van der Waals surface area (Å²) in [7, 11) is 0. The Bertz CT molecular complexity index is 434. The van der Waals surface area contributed by atoms with Gasteiger partial charge in [-0.1, -0.05) is 0 Å². The molecule has 1 amide bonds. The van der Waals surface area contributed by atoms with Gasteiger partial charge in [0.15, 0.2) is 5.82 Å². The zero-order chi connectivity index (χ0) is 11.6. The van der Waals surface area contributed by atoms with Crippen molar-refractivity contribution in [2.45, 2.75) is 6.92 Å². The number of nitro benzene ring substituents is 1. The van der Waals surface area contributed by atoms with E-state index in [9.17, 15) is 23.7 Å². The second kappa shape index (κ2) is 3.99. The van der Waals surface area contributed by atoms with Crippen LogP contribution in [0.4, 0.5) is 20.2 Å². The van der Waals surface area contributed by atoms with Crippen LogP contribution < -0.4 is 5.32 Å². The minimum absolute atomic E-state index is 0.152. The van der Waals surface area contributed by atoms with Crippen LogP contribution in [0.15, 0.2) is 6.07 Å². The van der Waals surface area contributed by atoms with Crippen LogP contribution in [0.3, 0.4) is 0 Å². The number of hydrogen-bond donors (Lipinski definition) is 1. The van der Waals surface area contributed by atoms with E-state index in [1.807, 2.05) is 5.32 Å². The van der Waals surface area contributed by atoms with Gasteiger partial charge in [0.1, 0.15) is 0 Å². The van der Waals surface area contributed by atoms with Crippen molar-refractivity contribution < 1.29 is 18.5 Å². The molecule has 0 bridgehead atoms. The normalized spacial score (nSPS) is 9.80. The highest BCUT2D eigenvalue weighted by Crippen LogP contribution is 2.28. The standard InChI is InChI=1S/C8H6F2N2O3/c1-4-7(9)5(11-3-13)2-6(8(4)10)12(14)15/h2-3H,1H3,(H,11,13). The molecule has 1 aromatic carbocycles. The maximum absolute atomic E-state index is 13.2. The molecule has 1 rings (SSSR count). The molecule has 0 fully saturated rings. The lowest BCUT2D eigenvalue weighted by Crippen LogP contribution is -2.04. The van der Waals surface area contributed by atoms with Crippen molar-refractivity contribution in [1.29, 1.82) is 0 Å². The van der Waals surface area contributed by atoms with Crippen LogP contribution in [0.2, 0.25) is 0 Å². The highest BCUT2D eigenvalue weighted by atomic mass is 19.1. The lowest BCUT2D eigenvalue weighted by molar-refractivity contribution is -0.387. The molecular weight excluding hydrogens is 210 g/mol. The monoisotopic (exact) mass is 216 g/mol. The smallest absolute Gasteiger partial charge is 0.307 e. The number of amides is 1. The number of nitro groups is 1. The molecular formula is C8H6F2N2O3. The number of anilines is 1. The van der Waals surface area contributed by atoms with Gasteiger partial charge in [-0.05, 0) is 6.92 Å². The van der Waals surface area contributed by atoms with E-state index in [1.165, 1.54) is 0 Å². The first-order chi connectivity index (χ1) is 6.99. The topological polar surface area (TPSA) is 72.2 Å². The summed E-state index contributed by atoms with van der Waals surface area (Å²) in [5.41, 5.74) is -1.80. The first kappa shape index (κ1) is 11.0. The summed E-state index contributed by atoms with van der Waals surface area (Å²) in [5.74, 6) is -2.26. The Morgan fingerprint density at radius 1 is 1.47 bits per heavy atom. The van der Waals surface area contributed by atoms with Gasteiger partial charge in [-0.2, -0.15) is 4.39 Å². The maximum Gasteiger partial charge on any atom is 0.307 e. The summed E-state index contributed by atoms with van der Waals surface area (Å²) >= 11 is 0. The van der Waals surface area contributed by atoms with E-state index in [1.54, 1.807) is 0 Å². The summed E-state index contributed by atoms with van der Waals surface area (Å²) in [4.78, 5) is 19.4. The number of carbonyl (C=O) groups is 1. The van der Waals surface area contributed by atoms with Crippen LogP contribution >= 0.6 is 0 Å². The van der Waals surface area contributed by atoms with Crippen molar-refractivity contribution >= 4 is 17.8 Å². The predicted octanol–water partition coefficient (Wildman–Crippen LogP) is 1.75. The van der Waals surface area contributed by atoms with Gasteiger partial charge in [0, 0.05) is 11.6 Å². The Morgan fingerprint density at radius 3 is 2.53 bits per heavy atom. The van der Waals surface area contributed by atoms with Gasteiger partial charge < -0.3 is 5.32 Å². The van der Waals surface area contributed by atoms with Gasteiger partial charge in [0.05, 0.1) is 10.6 Å². The molecule has 0 saturated heterocycles. The highest BCUT2D eigenvalue weighted by molar-refractivity contribution is 5.73. The van der Waals surface area contributed by atoms with E-state index < -0.39 is 33.5 Å². The summed E-state index contributed by atoms with van der Waals surface area (Å²) in [6.07, 6.45) is 0.152. The van der Waals surface area contributed by atoms with E-state index in [-0.39, 0.29) is 6.41 Å². The molecule has 1 aromatic rings. The first-order valence-electron chi connectivity index (χ1n) is 3.82. The number of nitrogens with one attached hydrogen (secondary N) is 1. The number of rotatable bonds is 3. The number of benzene rings is 1. The molecule has 0 heterocycles. The second-order valence-corrected chi connectivity index (χ2v) is 2.72. The SMILES string of the molecule is Cc1c(F)c(NC=O)cc([N+](=O)[O-])c1F. The van der Waals surface area contributed by atoms with Crippen LogP contribution in [0.5, 0.6) is 0 Å². The molecule has 5 nitrogen and oxygen atoms in total. The average molecular weight is 216 g/mol. The van der Waals surface area contributed by atoms with Crippen molar-refractivity contribution in [3.05, 3.63) is 33.4 Å². The van der Waals surface area contributed by atoms with Crippen molar-refractivity contribution in [3.8, 4) is 0 Å². The quantitative estimate of drug-likeness (QED) is 0.475. The first-order valence-corrected chi connectivity index (χ1v) is 3.82. The third kappa shape index (κ3) is 1.90. The van der Waals surface area contributed by atoms with E-state index in [4.69, 9.17) is 0 Å². The van der Waals surface area contributed by atoms with Crippen molar-refractivity contribution in [1.82, 2.24) is 0 Å². The van der Waals surface area contributed by atoms with Gasteiger partial charge in [0.2, 0.25) is 12.2 Å². The van der Waals surface area contributed by atoms with E-state index in [0.29, 0.717) is 6.07 Å². The van der Waals surface area contributed by atoms with Crippen LogP contribution in [-0.2, 0) is 4.79 Å². The number of nitrogens with zero attached hydrogens (tertiary/aromatic N) is 1. The van der Waals surface area contributed by atoms with Crippen molar-refractivity contribution in [2.24, 2.45) is 0 Å². The molecule has 0 aliphatic carbocycles. The predicted molar refractivity (Wildman–Crippen MR) is 47.4 cm³/mol. The van der Waals surface area contributed by atoms with E-state index in [0.717, 1.165) is 6.92 Å². The molecule has 0 unspecified atom stereocenters.